The van der Waals surface area contributed by atoms with E-state index in [1.165, 1.54) is 49.7 Å². The largest absolute Gasteiger partial charge is 0.304 e. The molecule has 2 nitrogen and oxygen atoms in total. The summed E-state index contributed by atoms with van der Waals surface area (Å²) >= 11 is 2.04. The van der Waals surface area contributed by atoms with Gasteiger partial charge in [-0.25, -0.2) is 0 Å². The van der Waals surface area contributed by atoms with Gasteiger partial charge in [-0.1, -0.05) is 18.2 Å². The molecule has 1 saturated heterocycles. The van der Waals surface area contributed by atoms with Gasteiger partial charge in [0.05, 0.1) is 0 Å². The van der Waals surface area contributed by atoms with E-state index in [2.05, 4.69) is 41.1 Å². The van der Waals surface area contributed by atoms with Crippen LogP contribution >= 0.6 is 11.8 Å². The second kappa shape index (κ2) is 5.64. The van der Waals surface area contributed by atoms with Crippen LogP contribution in [0.3, 0.4) is 0 Å². The van der Waals surface area contributed by atoms with E-state index < -0.39 is 0 Å². The Hall–Kier alpha value is -0.510. The summed E-state index contributed by atoms with van der Waals surface area (Å²) in [5, 5.41) is 0. The summed E-state index contributed by atoms with van der Waals surface area (Å²) in [6.07, 6.45) is 2.67. The molecule has 2 aliphatic rings. The molecule has 1 aromatic carbocycles. The molecule has 1 atom stereocenters. The Balaban J connectivity index is 1.83. The van der Waals surface area contributed by atoms with Crippen LogP contribution in [0.1, 0.15) is 24.4 Å². The second-order valence-electron chi connectivity index (χ2n) is 5.38. The molecule has 1 aromatic rings. The smallest absolute Gasteiger partial charge is 0.0360 e. The first-order chi connectivity index (χ1) is 8.84. The number of hydrogen-bond acceptors (Lipinski definition) is 3. The maximum atomic E-state index is 2.70. The van der Waals surface area contributed by atoms with Gasteiger partial charge in [0.2, 0.25) is 0 Å². The maximum Gasteiger partial charge on any atom is 0.0360 e. The lowest BCUT2D eigenvalue weighted by Gasteiger charge is -2.38. The number of rotatable bonds is 1. The molecule has 0 radical (unpaired) electrons. The molecule has 0 N–H and O–H groups in total. The lowest BCUT2D eigenvalue weighted by molar-refractivity contribution is 0.106. The van der Waals surface area contributed by atoms with Crippen LogP contribution in [-0.2, 0) is 0 Å². The minimum Gasteiger partial charge on any atom is -0.304 e. The van der Waals surface area contributed by atoms with E-state index in [1.54, 1.807) is 5.56 Å². The van der Waals surface area contributed by atoms with Crippen molar-refractivity contribution in [3.05, 3.63) is 29.8 Å². The number of benzene rings is 1. The van der Waals surface area contributed by atoms with Crippen LogP contribution in [0.25, 0.3) is 0 Å². The number of hydrogen-bond donors (Lipinski definition) is 0. The van der Waals surface area contributed by atoms with Gasteiger partial charge in [0.15, 0.2) is 0 Å². The van der Waals surface area contributed by atoms with Gasteiger partial charge in [-0.15, -0.1) is 11.8 Å². The van der Waals surface area contributed by atoms with Crippen molar-refractivity contribution in [2.45, 2.75) is 23.8 Å². The fraction of sp³-hybridized carbons (Fsp3) is 0.600. The first-order valence-corrected chi connectivity index (χ1v) is 7.97. The fourth-order valence-corrected chi connectivity index (χ4v) is 4.09. The van der Waals surface area contributed by atoms with Crippen LogP contribution in [0.4, 0.5) is 0 Å². The van der Waals surface area contributed by atoms with Gasteiger partial charge in [0.25, 0.3) is 0 Å². The summed E-state index contributed by atoms with van der Waals surface area (Å²) in [5.74, 6) is 1.28. The number of nitrogens with zero attached hydrogens (tertiary/aromatic N) is 2. The first-order valence-electron chi connectivity index (χ1n) is 6.99. The predicted octanol–water partition coefficient (Wildman–Crippen LogP) is 2.86. The van der Waals surface area contributed by atoms with E-state index in [-0.39, 0.29) is 0 Å². The molecule has 0 amide bonds. The molecule has 0 aromatic heterocycles. The molecule has 1 fully saturated rings. The quantitative estimate of drug-likeness (QED) is 0.768. The van der Waals surface area contributed by atoms with Gasteiger partial charge in [-0.05, 0) is 37.3 Å². The third-order valence-electron chi connectivity index (χ3n) is 4.14. The van der Waals surface area contributed by atoms with Crippen molar-refractivity contribution >= 4 is 11.8 Å². The van der Waals surface area contributed by atoms with E-state index in [4.69, 9.17) is 0 Å². The highest BCUT2D eigenvalue weighted by Crippen LogP contribution is 2.37. The van der Waals surface area contributed by atoms with Crippen molar-refractivity contribution in [3.63, 3.8) is 0 Å². The minimum atomic E-state index is 0.657. The number of fused-ring (bicyclic) bond motifs is 1. The van der Waals surface area contributed by atoms with Crippen LogP contribution in [-0.4, -0.2) is 48.8 Å². The topological polar surface area (TPSA) is 6.48 Å². The van der Waals surface area contributed by atoms with Crippen molar-refractivity contribution < 1.29 is 0 Å². The summed E-state index contributed by atoms with van der Waals surface area (Å²) < 4.78 is 0. The highest BCUT2D eigenvalue weighted by Gasteiger charge is 2.26. The molecule has 3 rings (SSSR count). The Morgan fingerprint density at radius 1 is 1.11 bits per heavy atom. The molecule has 18 heavy (non-hydrogen) atoms. The van der Waals surface area contributed by atoms with Gasteiger partial charge < -0.3 is 4.90 Å². The third kappa shape index (κ3) is 2.58. The fourth-order valence-electron chi connectivity index (χ4n) is 3.01. The van der Waals surface area contributed by atoms with Crippen LogP contribution in [0.2, 0.25) is 0 Å². The molecule has 2 heterocycles. The van der Waals surface area contributed by atoms with E-state index in [9.17, 15) is 0 Å². The Morgan fingerprint density at radius 3 is 2.72 bits per heavy atom. The van der Waals surface area contributed by atoms with Crippen LogP contribution < -0.4 is 0 Å². The van der Waals surface area contributed by atoms with Gasteiger partial charge in [0, 0.05) is 37.1 Å². The third-order valence-corrected chi connectivity index (χ3v) is 5.31. The zero-order valence-electron chi connectivity index (χ0n) is 11.1. The van der Waals surface area contributed by atoms with Gasteiger partial charge in [-0.2, -0.15) is 0 Å². The second-order valence-corrected chi connectivity index (χ2v) is 6.52. The van der Waals surface area contributed by atoms with Crippen molar-refractivity contribution in [2.75, 3.05) is 39.0 Å². The SMILES string of the molecule is CN1CCN(C2CCCSc3ccccc32)CC1. The molecule has 0 spiro atoms. The Morgan fingerprint density at radius 2 is 1.89 bits per heavy atom. The van der Waals surface area contributed by atoms with Crippen LogP contribution in [0.5, 0.6) is 0 Å². The molecule has 0 saturated carbocycles. The lowest BCUT2D eigenvalue weighted by Crippen LogP contribution is -2.45. The lowest BCUT2D eigenvalue weighted by atomic mass is 10.00. The number of likely N-dealkylation sites (N-methyl/N-ethyl adjacent to an activating group) is 1. The first kappa shape index (κ1) is 12.5. The molecular formula is C15H22N2S. The minimum absolute atomic E-state index is 0.657. The Labute approximate surface area is 114 Å². The Kier molecular flexibility index (Phi) is 3.92. The summed E-state index contributed by atoms with van der Waals surface area (Å²) in [6.45, 7) is 4.87. The molecular weight excluding hydrogens is 240 g/mol. The molecule has 98 valence electrons. The van der Waals surface area contributed by atoms with Gasteiger partial charge in [0.1, 0.15) is 0 Å². The highest BCUT2D eigenvalue weighted by molar-refractivity contribution is 7.99. The summed E-state index contributed by atoms with van der Waals surface area (Å²) in [7, 11) is 2.23. The normalized spacial score (nSPS) is 26.6. The van der Waals surface area contributed by atoms with Crippen molar-refractivity contribution in [1.29, 1.82) is 0 Å². The van der Waals surface area contributed by atoms with E-state index in [1.807, 2.05) is 11.8 Å². The summed E-state index contributed by atoms with van der Waals surface area (Å²) in [4.78, 5) is 6.65. The molecule has 1 unspecified atom stereocenters. The molecule has 0 aliphatic carbocycles. The zero-order valence-corrected chi connectivity index (χ0v) is 12.0. The summed E-state index contributed by atoms with van der Waals surface area (Å²) in [5.41, 5.74) is 1.57. The van der Waals surface area contributed by atoms with Crippen LogP contribution in [0.15, 0.2) is 29.2 Å². The molecule has 2 aliphatic heterocycles. The van der Waals surface area contributed by atoms with Crippen molar-refractivity contribution in [2.24, 2.45) is 0 Å². The average Bonchev–Trinajstić information content (AvgIpc) is 2.62. The van der Waals surface area contributed by atoms with E-state index in [0.29, 0.717) is 6.04 Å². The van der Waals surface area contributed by atoms with E-state index in [0.717, 1.165) is 0 Å². The summed E-state index contributed by atoms with van der Waals surface area (Å²) in [6, 6.07) is 9.68. The Bertz CT molecular complexity index is 399. The standard InChI is InChI=1S/C15H22N2S/c1-16-8-10-17(11-9-16)14-6-4-12-18-15-7-3-2-5-13(14)15/h2-3,5,7,14H,4,6,8-12H2,1H3. The van der Waals surface area contributed by atoms with Gasteiger partial charge >= 0.3 is 0 Å². The van der Waals surface area contributed by atoms with E-state index >= 15 is 0 Å². The number of piperazine rings is 1. The van der Waals surface area contributed by atoms with Gasteiger partial charge in [-0.3, -0.25) is 4.90 Å². The van der Waals surface area contributed by atoms with Crippen molar-refractivity contribution in [3.8, 4) is 0 Å². The average molecular weight is 262 g/mol. The van der Waals surface area contributed by atoms with Crippen LogP contribution in [0, 0.1) is 0 Å². The maximum absolute atomic E-state index is 2.70. The number of thioether (sulfide) groups is 1. The monoisotopic (exact) mass is 262 g/mol. The molecule has 3 heteroatoms. The highest BCUT2D eigenvalue weighted by atomic mass is 32.2. The molecule has 0 bridgehead atoms. The predicted molar refractivity (Wildman–Crippen MR) is 78.2 cm³/mol. The zero-order chi connectivity index (χ0) is 12.4. The van der Waals surface area contributed by atoms with Crippen molar-refractivity contribution in [1.82, 2.24) is 9.80 Å².